The van der Waals surface area contributed by atoms with Crippen LogP contribution in [0.2, 0.25) is 0 Å². The SMILES string of the molecule is C=CCC1=C(CCCCCC)O[C@@H](c2ccccc2)C2(CCCC2)C1=O. The second kappa shape index (κ2) is 8.70. The predicted molar refractivity (Wildman–Crippen MR) is 107 cm³/mol. The molecule has 1 aliphatic carbocycles. The van der Waals surface area contributed by atoms with Gasteiger partial charge < -0.3 is 4.74 Å². The minimum Gasteiger partial charge on any atom is -0.489 e. The summed E-state index contributed by atoms with van der Waals surface area (Å²) in [6, 6.07) is 10.4. The van der Waals surface area contributed by atoms with E-state index in [4.69, 9.17) is 4.74 Å². The van der Waals surface area contributed by atoms with Crippen LogP contribution in [-0.4, -0.2) is 5.78 Å². The van der Waals surface area contributed by atoms with Crippen LogP contribution in [-0.2, 0) is 9.53 Å². The first-order valence-corrected chi connectivity index (χ1v) is 10.3. The average Bonchev–Trinajstić information content (AvgIpc) is 3.16. The van der Waals surface area contributed by atoms with E-state index in [1.54, 1.807) is 0 Å². The number of benzene rings is 1. The Kier molecular flexibility index (Phi) is 6.34. The van der Waals surface area contributed by atoms with Crippen LogP contribution in [0.25, 0.3) is 0 Å². The summed E-state index contributed by atoms with van der Waals surface area (Å²) in [6.45, 7) is 6.10. The van der Waals surface area contributed by atoms with Gasteiger partial charge in [0.1, 0.15) is 11.9 Å². The van der Waals surface area contributed by atoms with Crippen molar-refractivity contribution in [1.82, 2.24) is 0 Å². The van der Waals surface area contributed by atoms with Gasteiger partial charge in [0.05, 0.1) is 5.41 Å². The molecule has 140 valence electrons. The molecule has 1 aliphatic heterocycles. The van der Waals surface area contributed by atoms with Crippen molar-refractivity contribution in [2.24, 2.45) is 5.41 Å². The van der Waals surface area contributed by atoms with Gasteiger partial charge in [-0.05, 0) is 31.2 Å². The van der Waals surface area contributed by atoms with Gasteiger partial charge >= 0.3 is 0 Å². The van der Waals surface area contributed by atoms with Crippen LogP contribution in [0.15, 0.2) is 54.3 Å². The molecule has 1 aromatic carbocycles. The van der Waals surface area contributed by atoms with Crippen molar-refractivity contribution in [3.8, 4) is 0 Å². The molecule has 0 unspecified atom stereocenters. The Hall–Kier alpha value is -1.83. The van der Waals surface area contributed by atoms with Gasteiger partial charge in [-0.3, -0.25) is 4.79 Å². The first-order valence-electron chi connectivity index (χ1n) is 10.3. The van der Waals surface area contributed by atoms with Crippen molar-refractivity contribution in [2.45, 2.75) is 77.2 Å². The maximum Gasteiger partial charge on any atom is 0.172 e. The summed E-state index contributed by atoms with van der Waals surface area (Å²) in [7, 11) is 0. The van der Waals surface area contributed by atoms with Crippen molar-refractivity contribution in [1.29, 1.82) is 0 Å². The van der Waals surface area contributed by atoms with Gasteiger partial charge in [0.2, 0.25) is 0 Å². The zero-order chi connectivity index (χ0) is 18.4. The number of Topliss-reactive ketones (excluding diaryl/α,β-unsaturated/α-hetero) is 1. The Morgan fingerprint density at radius 2 is 1.88 bits per heavy atom. The average molecular weight is 353 g/mol. The lowest BCUT2D eigenvalue weighted by Gasteiger charge is -2.42. The van der Waals surface area contributed by atoms with Crippen LogP contribution in [0.5, 0.6) is 0 Å². The van der Waals surface area contributed by atoms with E-state index in [0.717, 1.165) is 55.4 Å². The molecule has 2 nitrogen and oxygen atoms in total. The molecule has 2 aliphatic rings. The normalized spacial score (nSPS) is 21.9. The molecule has 0 saturated heterocycles. The zero-order valence-electron chi connectivity index (χ0n) is 16.1. The molecule has 0 bridgehead atoms. The molecular weight excluding hydrogens is 320 g/mol. The minimum atomic E-state index is -0.368. The Morgan fingerprint density at radius 3 is 2.54 bits per heavy atom. The highest BCUT2D eigenvalue weighted by Gasteiger charge is 2.53. The number of rotatable bonds is 8. The van der Waals surface area contributed by atoms with E-state index < -0.39 is 0 Å². The number of carbonyl (C=O) groups is 1. The fourth-order valence-electron chi connectivity index (χ4n) is 4.66. The predicted octanol–water partition coefficient (Wildman–Crippen LogP) is 6.69. The third kappa shape index (κ3) is 3.65. The Bertz CT molecular complexity index is 650. The second-order valence-electron chi connectivity index (χ2n) is 7.81. The summed E-state index contributed by atoms with van der Waals surface area (Å²) >= 11 is 0. The van der Waals surface area contributed by atoms with Gasteiger partial charge in [-0.15, -0.1) is 6.58 Å². The van der Waals surface area contributed by atoms with E-state index in [1.165, 1.54) is 19.3 Å². The van der Waals surface area contributed by atoms with Crippen molar-refractivity contribution in [3.63, 3.8) is 0 Å². The smallest absolute Gasteiger partial charge is 0.172 e. The number of hydrogen-bond donors (Lipinski definition) is 0. The van der Waals surface area contributed by atoms with Crippen LogP contribution in [0.1, 0.15) is 82.8 Å². The molecule has 1 fully saturated rings. The largest absolute Gasteiger partial charge is 0.489 e. The van der Waals surface area contributed by atoms with E-state index in [0.29, 0.717) is 12.2 Å². The van der Waals surface area contributed by atoms with Crippen LogP contribution in [0, 0.1) is 5.41 Å². The highest BCUT2D eigenvalue weighted by molar-refractivity contribution is 6.02. The zero-order valence-corrected chi connectivity index (χ0v) is 16.1. The summed E-state index contributed by atoms with van der Waals surface area (Å²) in [5, 5.41) is 0. The van der Waals surface area contributed by atoms with E-state index in [-0.39, 0.29) is 11.5 Å². The van der Waals surface area contributed by atoms with Gasteiger partial charge in [0, 0.05) is 12.0 Å². The maximum atomic E-state index is 13.6. The third-order valence-electron chi connectivity index (χ3n) is 6.03. The number of unbranched alkanes of at least 4 members (excludes halogenated alkanes) is 3. The maximum absolute atomic E-state index is 13.6. The van der Waals surface area contributed by atoms with Crippen LogP contribution in [0.3, 0.4) is 0 Å². The highest BCUT2D eigenvalue weighted by atomic mass is 16.5. The van der Waals surface area contributed by atoms with Gasteiger partial charge in [-0.1, -0.05) is 75.4 Å². The summed E-state index contributed by atoms with van der Waals surface area (Å²) in [6.07, 6.45) is 12.1. The first-order chi connectivity index (χ1) is 12.7. The van der Waals surface area contributed by atoms with E-state index in [9.17, 15) is 4.79 Å². The topological polar surface area (TPSA) is 26.3 Å². The molecule has 0 radical (unpaired) electrons. The highest BCUT2D eigenvalue weighted by Crippen LogP contribution is 2.55. The van der Waals surface area contributed by atoms with E-state index >= 15 is 0 Å². The number of ketones is 1. The van der Waals surface area contributed by atoms with Crippen molar-refractivity contribution in [3.05, 3.63) is 59.9 Å². The van der Waals surface area contributed by atoms with Crippen LogP contribution < -0.4 is 0 Å². The Balaban J connectivity index is 1.95. The summed E-state index contributed by atoms with van der Waals surface area (Å²) < 4.78 is 6.64. The van der Waals surface area contributed by atoms with E-state index in [2.05, 4.69) is 37.8 Å². The van der Waals surface area contributed by atoms with Crippen LogP contribution in [0.4, 0.5) is 0 Å². The lowest BCUT2D eigenvalue weighted by atomic mass is 9.69. The minimum absolute atomic E-state index is 0.131. The van der Waals surface area contributed by atoms with Crippen molar-refractivity contribution >= 4 is 5.78 Å². The third-order valence-corrected chi connectivity index (χ3v) is 6.03. The molecule has 0 aromatic heterocycles. The first kappa shape index (κ1) is 18.9. The van der Waals surface area contributed by atoms with Gasteiger partial charge in [-0.25, -0.2) is 0 Å². The molecule has 1 saturated carbocycles. The monoisotopic (exact) mass is 352 g/mol. The van der Waals surface area contributed by atoms with Gasteiger partial charge in [-0.2, -0.15) is 0 Å². The Morgan fingerprint density at radius 1 is 1.15 bits per heavy atom. The van der Waals surface area contributed by atoms with Crippen molar-refractivity contribution in [2.75, 3.05) is 0 Å². The standard InChI is InChI=1S/C24H32O2/c1-3-5-6-10-16-21-20(13-4-2)22(25)24(17-11-12-18-24)23(26-21)19-14-8-7-9-15-19/h4,7-9,14-15,23H,2-3,5-6,10-13,16-18H2,1H3/t23-/m0/s1. The number of hydrogen-bond acceptors (Lipinski definition) is 2. The van der Waals surface area contributed by atoms with Gasteiger partial charge in [0.25, 0.3) is 0 Å². The summed E-state index contributed by atoms with van der Waals surface area (Å²) in [5.41, 5.74) is 1.67. The molecule has 1 aromatic rings. The molecule has 0 amide bonds. The quantitative estimate of drug-likeness (QED) is 0.385. The number of ether oxygens (including phenoxy) is 1. The fourth-order valence-corrected chi connectivity index (χ4v) is 4.66. The molecule has 3 rings (SSSR count). The lowest BCUT2D eigenvalue weighted by Crippen LogP contribution is -2.41. The molecular formula is C24H32O2. The second-order valence-corrected chi connectivity index (χ2v) is 7.81. The molecule has 1 spiro atoms. The summed E-state index contributed by atoms with van der Waals surface area (Å²) in [5.74, 6) is 1.26. The molecule has 2 heteroatoms. The van der Waals surface area contributed by atoms with Crippen molar-refractivity contribution < 1.29 is 9.53 Å². The Labute approximate surface area is 158 Å². The summed E-state index contributed by atoms with van der Waals surface area (Å²) in [4.78, 5) is 13.6. The van der Waals surface area contributed by atoms with E-state index in [1.807, 2.05) is 12.1 Å². The fraction of sp³-hybridized carbons (Fsp3) is 0.542. The molecule has 0 N–H and O–H groups in total. The molecule has 1 heterocycles. The molecule has 26 heavy (non-hydrogen) atoms. The lowest BCUT2D eigenvalue weighted by molar-refractivity contribution is -0.138. The number of carbonyl (C=O) groups excluding carboxylic acids is 1. The van der Waals surface area contributed by atoms with Crippen LogP contribution >= 0.6 is 0 Å². The number of allylic oxidation sites excluding steroid dienone is 3. The molecule has 1 atom stereocenters. The van der Waals surface area contributed by atoms with Gasteiger partial charge in [0.15, 0.2) is 5.78 Å².